The maximum absolute atomic E-state index is 6.00. The minimum absolute atomic E-state index is 0.467. The molecule has 4 heteroatoms. The van der Waals surface area contributed by atoms with Gasteiger partial charge in [0.05, 0.1) is 11.0 Å². The molecule has 2 aromatic rings. The van der Waals surface area contributed by atoms with E-state index in [2.05, 4.69) is 45.4 Å². The summed E-state index contributed by atoms with van der Waals surface area (Å²) < 4.78 is 3.21. The first-order valence-corrected chi connectivity index (χ1v) is 6.68. The van der Waals surface area contributed by atoms with Crippen molar-refractivity contribution in [3.8, 4) is 0 Å². The summed E-state index contributed by atoms with van der Waals surface area (Å²) in [5, 5.41) is 0. The van der Waals surface area contributed by atoms with Gasteiger partial charge in [0.1, 0.15) is 0 Å². The molecule has 1 aliphatic rings. The van der Waals surface area contributed by atoms with Gasteiger partial charge in [-0.3, -0.25) is 0 Å². The highest BCUT2D eigenvalue weighted by atomic mass is 79.9. The van der Waals surface area contributed by atoms with Crippen LogP contribution in [0.25, 0.3) is 11.0 Å². The van der Waals surface area contributed by atoms with Crippen LogP contribution in [0.1, 0.15) is 20.3 Å². The van der Waals surface area contributed by atoms with Crippen molar-refractivity contribution in [1.29, 1.82) is 0 Å². The lowest BCUT2D eigenvalue weighted by atomic mass is 10.1. The highest BCUT2D eigenvalue weighted by molar-refractivity contribution is 9.10. The van der Waals surface area contributed by atoms with Gasteiger partial charge in [-0.2, -0.15) is 0 Å². The molecule has 1 aromatic carbocycles. The van der Waals surface area contributed by atoms with E-state index in [1.165, 1.54) is 6.42 Å². The van der Waals surface area contributed by atoms with E-state index >= 15 is 0 Å². The van der Waals surface area contributed by atoms with Crippen LogP contribution in [0.15, 0.2) is 22.7 Å². The molecule has 1 heterocycles. The number of nitrogens with zero attached hydrogens (tertiary/aromatic N) is 2. The summed E-state index contributed by atoms with van der Waals surface area (Å²) in [6.45, 7) is 5.59. The minimum atomic E-state index is 0.467. The SMILES string of the molecule is CC1(C)CC1Cn1c(N)nc2ccc(Br)cc21. The number of benzene rings is 1. The topological polar surface area (TPSA) is 43.8 Å². The first-order valence-electron chi connectivity index (χ1n) is 5.89. The van der Waals surface area contributed by atoms with E-state index in [-0.39, 0.29) is 0 Å². The van der Waals surface area contributed by atoms with Crippen LogP contribution < -0.4 is 5.73 Å². The summed E-state index contributed by atoms with van der Waals surface area (Å²) in [4.78, 5) is 4.40. The average molecular weight is 294 g/mol. The number of hydrogen-bond donors (Lipinski definition) is 1. The molecular weight excluding hydrogens is 278 g/mol. The number of halogens is 1. The van der Waals surface area contributed by atoms with Gasteiger partial charge in [0, 0.05) is 11.0 Å². The maximum Gasteiger partial charge on any atom is 0.201 e. The van der Waals surface area contributed by atoms with E-state index in [0.717, 1.165) is 28.0 Å². The van der Waals surface area contributed by atoms with Gasteiger partial charge in [0.2, 0.25) is 5.95 Å². The standard InChI is InChI=1S/C13H16BrN3/c1-13(2)6-8(13)7-17-11-5-9(14)3-4-10(11)16-12(17)15/h3-5,8H,6-7H2,1-2H3,(H2,15,16). The number of rotatable bonds is 2. The molecule has 90 valence electrons. The number of nitrogen functional groups attached to an aromatic ring is 1. The first kappa shape index (κ1) is 11.1. The van der Waals surface area contributed by atoms with E-state index in [1.54, 1.807) is 0 Å². The second-order valence-electron chi connectivity index (χ2n) is 5.60. The molecule has 0 saturated heterocycles. The minimum Gasteiger partial charge on any atom is -0.369 e. The lowest BCUT2D eigenvalue weighted by molar-refractivity contribution is 0.507. The van der Waals surface area contributed by atoms with Crippen molar-refractivity contribution in [2.24, 2.45) is 11.3 Å². The van der Waals surface area contributed by atoms with Gasteiger partial charge in [-0.25, -0.2) is 4.98 Å². The third kappa shape index (κ3) is 1.84. The second kappa shape index (κ2) is 3.48. The van der Waals surface area contributed by atoms with Gasteiger partial charge in [-0.1, -0.05) is 29.8 Å². The van der Waals surface area contributed by atoms with Crippen LogP contribution in [0.5, 0.6) is 0 Å². The van der Waals surface area contributed by atoms with Crippen LogP contribution in [0.3, 0.4) is 0 Å². The Bertz CT molecular complexity index is 586. The zero-order valence-electron chi connectivity index (χ0n) is 10.1. The van der Waals surface area contributed by atoms with Crippen LogP contribution in [0.4, 0.5) is 5.95 Å². The van der Waals surface area contributed by atoms with Crippen LogP contribution >= 0.6 is 15.9 Å². The molecular formula is C13H16BrN3. The van der Waals surface area contributed by atoms with E-state index < -0.39 is 0 Å². The number of anilines is 1. The predicted octanol–water partition coefficient (Wildman–Crippen LogP) is 3.43. The van der Waals surface area contributed by atoms with Gasteiger partial charge in [-0.05, 0) is 36.0 Å². The monoisotopic (exact) mass is 293 g/mol. The van der Waals surface area contributed by atoms with Crippen molar-refractivity contribution < 1.29 is 0 Å². The fourth-order valence-electron chi connectivity index (χ4n) is 2.41. The summed E-state index contributed by atoms with van der Waals surface area (Å²) in [6, 6.07) is 6.10. The molecule has 3 nitrogen and oxygen atoms in total. The fraction of sp³-hybridized carbons (Fsp3) is 0.462. The molecule has 1 aliphatic carbocycles. The average Bonchev–Trinajstić information content (AvgIpc) is 2.73. The van der Waals surface area contributed by atoms with Crippen LogP contribution in [-0.4, -0.2) is 9.55 Å². The lowest BCUT2D eigenvalue weighted by Crippen LogP contribution is -2.07. The number of fused-ring (bicyclic) bond motifs is 1. The molecule has 0 radical (unpaired) electrons. The summed E-state index contributed by atoms with van der Waals surface area (Å²) in [6.07, 6.45) is 1.28. The van der Waals surface area contributed by atoms with Gasteiger partial charge < -0.3 is 10.3 Å². The Morgan fingerprint density at radius 1 is 1.53 bits per heavy atom. The van der Waals surface area contributed by atoms with Gasteiger partial charge in [-0.15, -0.1) is 0 Å². The van der Waals surface area contributed by atoms with Crippen LogP contribution in [-0.2, 0) is 6.54 Å². The quantitative estimate of drug-likeness (QED) is 0.922. The molecule has 1 atom stereocenters. The molecule has 0 amide bonds. The Morgan fingerprint density at radius 3 is 2.88 bits per heavy atom. The molecule has 0 spiro atoms. The van der Waals surface area contributed by atoms with E-state index in [9.17, 15) is 0 Å². The normalized spacial score (nSPS) is 21.9. The van der Waals surface area contributed by atoms with Crippen LogP contribution in [0, 0.1) is 11.3 Å². The van der Waals surface area contributed by atoms with Crippen molar-refractivity contribution in [1.82, 2.24) is 9.55 Å². The molecule has 0 aliphatic heterocycles. The lowest BCUT2D eigenvalue weighted by Gasteiger charge is -2.08. The number of nitrogens with two attached hydrogens (primary N) is 1. The predicted molar refractivity (Wildman–Crippen MR) is 73.7 cm³/mol. The number of imidazole rings is 1. The number of aromatic nitrogens is 2. The third-order valence-electron chi connectivity index (χ3n) is 3.86. The van der Waals surface area contributed by atoms with Crippen molar-refractivity contribution in [2.45, 2.75) is 26.8 Å². The Kier molecular flexibility index (Phi) is 2.27. The van der Waals surface area contributed by atoms with Crippen LogP contribution in [0.2, 0.25) is 0 Å². The zero-order valence-corrected chi connectivity index (χ0v) is 11.7. The molecule has 17 heavy (non-hydrogen) atoms. The third-order valence-corrected chi connectivity index (χ3v) is 4.35. The molecule has 1 unspecified atom stereocenters. The van der Waals surface area contributed by atoms with E-state index in [4.69, 9.17) is 5.73 Å². The maximum atomic E-state index is 6.00. The van der Waals surface area contributed by atoms with Crippen molar-refractivity contribution in [3.63, 3.8) is 0 Å². The Morgan fingerprint density at radius 2 is 2.24 bits per heavy atom. The Balaban J connectivity index is 2.03. The van der Waals surface area contributed by atoms with E-state index in [1.807, 2.05) is 12.1 Å². The zero-order chi connectivity index (χ0) is 12.2. The largest absolute Gasteiger partial charge is 0.369 e. The van der Waals surface area contributed by atoms with Crippen molar-refractivity contribution >= 4 is 32.9 Å². The summed E-state index contributed by atoms with van der Waals surface area (Å²) in [7, 11) is 0. The molecule has 3 rings (SSSR count). The van der Waals surface area contributed by atoms with Gasteiger partial charge in [0.25, 0.3) is 0 Å². The highest BCUT2D eigenvalue weighted by Crippen LogP contribution is 2.52. The summed E-state index contributed by atoms with van der Waals surface area (Å²) >= 11 is 3.50. The summed E-state index contributed by atoms with van der Waals surface area (Å²) in [5.41, 5.74) is 8.57. The molecule has 1 fully saturated rings. The van der Waals surface area contributed by atoms with Crippen molar-refractivity contribution in [2.75, 3.05) is 5.73 Å². The Labute approximate surface area is 109 Å². The summed E-state index contributed by atoms with van der Waals surface area (Å²) in [5.74, 6) is 1.35. The smallest absolute Gasteiger partial charge is 0.201 e. The van der Waals surface area contributed by atoms with Crippen molar-refractivity contribution in [3.05, 3.63) is 22.7 Å². The number of hydrogen-bond acceptors (Lipinski definition) is 2. The molecule has 2 N–H and O–H groups in total. The fourth-order valence-corrected chi connectivity index (χ4v) is 2.76. The molecule has 0 bridgehead atoms. The second-order valence-corrected chi connectivity index (χ2v) is 6.52. The molecule has 1 aromatic heterocycles. The highest BCUT2D eigenvalue weighted by Gasteiger charge is 2.45. The molecule has 1 saturated carbocycles. The van der Waals surface area contributed by atoms with Gasteiger partial charge in [0.15, 0.2) is 0 Å². The Hall–Kier alpha value is -1.03. The first-order chi connectivity index (χ1) is 7.97. The van der Waals surface area contributed by atoms with E-state index in [0.29, 0.717) is 11.4 Å². The van der Waals surface area contributed by atoms with Gasteiger partial charge >= 0.3 is 0 Å².